The van der Waals surface area contributed by atoms with Gasteiger partial charge in [0.25, 0.3) is 5.91 Å². The molecule has 0 unspecified atom stereocenters. The second-order valence-corrected chi connectivity index (χ2v) is 9.89. The van der Waals surface area contributed by atoms with Gasteiger partial charge in [-0.3, -0.25) is 9.59 Å². The highest BCUT2D eigenvalue weighted by atomic mass is 35.5. The van der Waals surface area contributed by atoms with Crippen LogP contribution < -0.4 is 10.6 Å². The largest absolute Gasteiger partial charge is 0.351 e. The Bertz CT molecular complexity index is 1280. The number of hydrogen-bond acceptors (Lipinski definition) is 5. The van der Waals surface area contributed by atoms with Gasteiger partial charge in [-0.15, -0.1) is 11.3 Å². The standard InChI is InChI=1S/C23H17Cl2N3O2S2/c24-15-6-8-17(18(25)10-15)22(30)27-16-7-9-19-20(11-16)32-23(28-19)31-13-21(29)26-12-14-4-2-1-3-5-14/h1-11H,12-13H2,(H,26,29)(H,27,30). The number of nitrogens with zero attached hydrogens (tertiary/aromatic N) is 1. The van der Waals surface area contributed by atoms with Gasteiger partial charge < -0.3 is 10.6 Å². The number of thiazole rings is 1. The van der Waals surface area contributed by atoms with E-state index < -0.39 is 0 Å². The van der Waals surface area contributed by atoms with Crippen molar-refractivity contribution in [1.82, 2.24) is 10.3 Å². The Kier molecular flexibility index (Phi) is 7.32. The quantitative estimate of drug-likeness (QED) is 0.293. The first kappa shape index (κ1) is 22.6. The third kappa shape index (κ3) is 5.81. The first-order chi connectivity index (χ1) is 15.5. The molecule has 1 aromatic heterocycles. The molecule has 0 aliphatic carbocycles. The third-order valence-corrected chi connectivity index (χ3v) is 7.17. The van der Waals surface area contributed by atoms with Gasteiger partial charge in [0.2, 0.25) is 5.91 Å². The van der Waals surface area contributed by atoms with Crippen molar-refractivity contribution in [2.75, 3.05) is 11.1 Å². The lowest BCUT2D eigenvalue weighted by Crippen LogP contribution is -2.24. The lowest BCUT2D eigenvalue weighted by Gasteiger charge is -2.07. The van der Waals surface area contributed by atoms with E-state index in [-0.39, 0.29) is 22.6 Å². The normalized spacial score (nSPS) is 10.8. The van der Waals surface area contributed by atoms with Crippen LogP contribution in [0.3, 0.4) is 0 Å². The summed E-state index contributed by atoms with van der Waals surface area (Å²) in [6, 6.07) is 20.0. The van der Waals surface area contributed by atoms with Crippen molar-refractivity contribution in [2.24, 2.45) is 0 Å². The zero-order valence-corrected chi connectivity index (χ0v) is 19.7. The summed E-state index contributed by atoms with van der Waals surface area (Å²) in [5, 5.41) is 6.51. The van der Waals surface area contributed by atoms with Crippen LogP contribution in [-0.2, 0) is 11.3 Å². The van der Waals surface area contributed by atoms with Gasteiger partial charge in [0.05, 0.1) is 26.6 Å². The van der Waals surface area contributed by atoms with Crippen LogP contribution in [0.5, 0.6) is 0 Å². The fraction of sp³-hybridized carbons (Fsp3) is 0.0870. The summed E-state index contributed by atoms with van der Waals surface area (Å²) in [7, 11) is 0. The number of anilines is 1. The molecule has 2 N–H and O–H groups in total. The molecule has 5 nitrogen and oxygen atoms in total. The molecule has 9 heteroatoms. The second-order valence-electron chi connectivity index (χ2n) is 6.79. The first-order valence-electron chi connectivity index (χ1n) is 9.58. The van der Waals surface area contributed by atoms with Crippen molar-refractivity contribution >= 4 is 74.0 Å². The summed E-state index contributed by atoms with van der Waals surface area (Å²) < 4.78 is 1.70. The molecule has 0 fully saturated rings. The van der Waals surface area contributed by atoms with Gasteiger partial charge in [-0.2, -0.15) is 0 Å². The van der Waals surface area contributed by atoms with Gasteiger partial charge in [0.15, 0.2) is 4.34 Å². The number of carbonyl (C=O) groups excluding carboxylic acids is 2. The molecule has 0 aliphatic rings. The van der Waals surface area contributed by atoms with Crippen LogP contribution in [0.2, 0.25) is 10.0 Å². The van der Waals surface area contributed by atoms with E-state index >= 15 is 0 Å². The first-order valence-corrected chi connectivity index (χ1v) is 12.1. The minimum atomic E-state index is -0.319. The zero-order chi connectivity index (χ0) is 22.5. The number of nitrogens with one attached hydrogen (secondary N) is 2. The molecule has 0 atom stereocenters. The average Bonchev–Trinajstić information content (AvgIpc) is 3.19. The van der Waals surface area contributed by atoms with Crippen molar-refractivity contribution in [3.05, 3.63) is 87.9 Å². The van der Waals surface area contributed by atoms with Gasteiger partial charge in [-0.1, -0.05) is 65.3 Å². The van der Waals surface area contributed by atoms with Crippen LogP contribution >= 0.6 is 46.3 Å². The third-order valence-electron chi connectivity index (χ3n) is 4.46. The molecule has 0 bridgehead atoms. The maximum Gasteiger partial charge on any atom is 0.257 e. The minimum absolute atomic E-state index is 0.0501. The number of rotatable bonds is 7. The molecule has 4 rings (SSSR count). The van der Waals surface area contributed by atoms with Crippen LogP contribution in [0.1, 0.15) is 15.9 Å². The summed E-state index contributed by atoms with van der Waals surface area (Å²) in [4.78, 5) is 29.2. The molecular formula is C23H17Cl2N3O2S2. The fourth-order valence-electron chi connectivity index (χ4n) is 2.89. The monoisotopic (exact) mass is 501 g/mol. The van der Waals surface area contributed by atoms with Crippen LogP contribution in [-0.4, -0.2) is 22.6 Å². The van der Waals surface area contributed by atoms with E-state index in [2.05, 4.69) is 15.6 Å². The summed E-state index contributed by atoms with van der Waals surface area (Å²) in [6.45, 7) is 0.501. The molecule has 0 saturated carbocycles. The van der Waals surface area contributed by atoms with E-state index in [0.29, 0.717) is 22.8 Å². The predicted molar refractivity (Wildman–Crippen MR) is 133 cm³/mol. The van der Waals surface area contributed by atoms with Crippen LogP contribution in [0.4, 0.5) is 5.69 Å². The number of amides is 2. The smallest absolute Gasteiger partial charge is 0.257 e. The molecule has 4 aromatic rings. The highest BCUT2D eigenvalue weighted by Gasteiger charge is 2.13. The van der Waals surface area contributed by atoms with Crippen molar-refractivity contribution in [2.45, 2.75) is 10.9 Å². The number of aromatic nitrogens is 1. The van der Waals surface area contributed by atoms with E-state index in [1.807, 2.05) is 42.5 Å². The topological polar surface area (TPSA) is 71.1 Å². The minimum Gasteiger partial charge on any atom is -0.351 e. The van der Waals surface area contributed by atoms with Crippen molar-refractivity contribution in [3.63, 3.8) is 0 Å². The number of hydrogen-bond donors (Lipinski definition) is 2. The van der Waals surface area contributed by atoms with E-state index in [1.165, 1.54) is 29.2 Å². The van der Waals surface area contributed by atoms with E-state index in [1.54, 1.807) is 18.2 Å². The molecule has 0 saturated heterocycles. The Morgan fingerprint density at radius 1 is 1.00 bits per heavy atom. The zero-order valence-electron chi connectivity index (χ0n) is 16.6. The molecule has 0 radical (unpaired) electrons. The Labute approximate surface area is 203 Å². The highest BCUT2D eigenvalue weighted by Crippen LogP contribution is 2.31. The van der Waals surface area contributed by atoms with Gasteiger partial charge in [0.1, 0.15) is 0 Å². The van der Waals surface area contributed by atoms with Crippen LogP contribution in [0.25, 0.3) is 10.2 Å². The fourth-order valence-corrected chi connectivity index (χ4v) is 5.32. The van der Waals surface area contributed by atoms with Gasteiger partial charge in [-0.25, -0.2) is 4.98 Å². The Morgan fingerprint density at radius 3 is 2.59 bits per heavy atom. The van der Waals surface area contributed by atoms with E-state index in [9.17, 15) is 9.59 Å². The highest BCUT2D eigenvalue weighted by molar-refractivity contribution is 8.01. The molecule has 32 heavy (non-hydrogen) atoms. The van der Waals surface area contributed by atoms with E-state index in [4.69, 9.17) is 23.2 Å². The number of benzene rings is 3. The van der Waals surface area contributed by atoms with Crippen molar-refractivity contribution in [3.8, 4) is 0 Å². The molecule has 0 spiro atoms. The number of carbonyl (C=O) groups is 2. The SMILES string of the molecule is O=C(CSc1nc2ccc(NC(=O)c3ccc(Cl)cc3Cl)cc2s1)NCc1ccccc1. The molecule has 2 amide bonds. The molecule has 3 aromatic carbocycles. The van der Waals surface area contributed by atoms with Crippen LogP contribution in [0, 0.1) is 0 Å². The lowest BCUT2D eigenvalue weighted by atomic mass is 10.2. The number of halogens is 2. The van der Waals surface area contributed by atoms with Crippen LogP contribution in [0.15, 0.2) is 71.1 Å². The predicted octanol–water partition coefficient (Wildman–Crippen LogP) is 6.26. The van der Waals surface area contributed by atoms with Gasteiger partial charge in [-0.05, 0) is 42.0 Å². The summed E-state index contributed by atoms with van der Waals surface area (Å²) in [6.07, 6.45) is 0. The maximum absolute atomic E-state index is 12.5. The number of fused-ring (bicyclic) bond motifs is 1. The Balaban J connectivity index is 1.36. The molecule has 1 heterocycles. The lowest BCUT2D eigenvalue weighted by molar-refractivity contribution is -0.118. The molecular weight excluding hydrogens is 485 g/mol. The molecule has 0 aliphatic heterocycles. The maximum atomic E-state index is 12.5. The number of thioether (sulfide) groups is 1. The Hall–Kier alpha value is -2.58. The van der Waals surface area contributed by atoms with Crippen molar-refractivity contribution < 1.29 is 9.59 Å². The van der Waals surface area contributed by atoms with Crippen molar-refractivity contribution in [1.29, 1.82) is 0 Å². The second kappa shape index (κ2) is 10.4. The van der Waals surface area contributed by atoms with E-state index in [0.717, 1.165) is 20.1 Å². The summed E-state index contributed by atoms with van der Waals surface area (Å²) in [5.41, 5.74) is 2.84. The summed E-state index contributed by atoms with van der Waals surface area (Å²) >= 11 is 14.9. The molecule has 162 valence electrons. The summed E-state index contributed by atoms with van der Waals surface area (Å²) in [5.74, 6) is -0.0863. The van der Waals surface area contributed by atoms with Gasteiger partial charge >= 0.3 is 0 Å². The van der Waals surface area contributed by atoms with Gasteiger partial charge in [0, 0.05) is 17.3 Å². The Morgan fingerprint density at radius 2 is 1.81 bits per heavy atom. The average molecular weight is 502 g/mol.